The van der Waals surface area contributed by atoms with E-state index in [0.29, 0.717) is 10.6 Å². The monoisotopic (exact) mass is 352 g/mol. The third kappa shape index (κ3) is 3.61. The van der Waals surface area contributed by atoms with Crippen molar-refractivity contribution in [2.24, 2.45) is 5.10 Å². The molecule has 0 unspecified atom stereocenters. The van der Waals surface area contributed by atoms with E-state index in [1.165, 1.54) is 0 Å². The van der Waals surface area contributed by atoms with E-state index in [0.717, 1.165) is 22.6 Å². The van der Waals surface area contributed by atoms with Gasteiger partial charge in [-0.2, -0.15) is 10.2 Å². The van der Waals surface area contributed by atoms with Crippen LogP contribution in [0.4, 0.5) is 0 Å². The fourth-order valence-electron chi connectivity index (χ4n) is 2.52. The van der Waals surface area contributed by atoms with Crippen molar-refractivity contribution in [3.05, 3.63) is 82.1 Å². The molecule has 2 aromatic carbocycles. The van der Waals surface area contributed by atoms with Gasteiger partial charge >= 0.3 is 0 Å². The zero-order chi connectivity index (χ0) is 17.8. The van der Waals surface area contributed by atoms with E-state index in [1.54, 1.807) is 30.5 Å². The lowest BCUT2D eigenvalue weighted by Gasteiger charge is -2.04. The number of aryl methyl sites for hydroxylation is 1. The van der Waals surface area contributed by atoms with Crippen molar-refractivity contribution in [1.82, 2.24) is 15.2 Å². The Labute approximate surface area is 150 Å². The van der Waals surface area contributed by atoms with E-state index in [9.17, 15) is 4.79 Å². The van der Waals surface area contributed by atoms with Gasteiger partial charge in [-0.1, -0.05) is 41.9 Å². The fourth-order valence-corrected chi connectivity index (χ4v) is 2.74. The molecule has 0 radical (unpaired) electrons. The first kappa shape index (κ1) is 16.9. The van der Waals surface area contributed by atoms with Crippen LogP contribution < -0.4 is 5.43 Å². The van der Waals surface area contributed by atoms with Crippen molar-refractivity contribution in [2.45, 2.75) is 13.8 Å². The van der Waals surface area contributed by atoms with Crippen LogP contribution in [0.2, 0.25) is 5.02 Å². The SMILES string of the molecule is Cc1nn(-c2ccccc2)c(C)c1/C=N/NC(=O)c1ccccc1Cl. The van der Waals surface area contributed by atoms with Crippen LogP contribution in [0.5, 0.6) is 0 Å². The maximum Gasteiger partial charge on any atom is 0.272 e. The highest BCUT2D eigenvalue weighted by molar-refractivity contribution is 6.33. The molecule has 1 aromatic heterocycles. The maximum atomic E-state index is 12.1. The number of para-hydroxylation sites is 1. The Morgan fingerprint density at radius 2 is 1.80 bits per heavy atom. The van der Waals surface area contributed by atoms with Crippen LogP contribution in [0.1, 0.15) is 27.3 Å². The molecule has 1 amide bonds. The molecule has 126 valence electrons. The molecule has 0 spiro atoms. The minimum absolute atomic E-state index is 0.354. The normalized spacial score (nSPS) is 11.0. The van der Waals surface area contributed by atoms with Crippen LogP contribution in [-0.4, -0.2) is 21.9 Å². The Kier molecular flexibility index (Phi) is 4.95. The first-order valence-corrected chi connectivity index (χ1v) is 8.15. The number of halogens is 1. The zero-order valence-corrected chi connectivity index (χ0v) is 14.7. The van der Waals surface area contributed by atoms with Crippen LogP contribution in [0.25, 0.3) is 5.69 Å². The van der Waals surface area contributed by atoms with Gasteiger partial charge < -0.3 is 0 Å². The summed E-state index contributed by atoms with van der Waals surface area (Å²) < 4.78 is 1.85. The van der Waals surface area contributed by atoms with Gasteiger partial charge in [-0.25, -0.2) is 10.1 Å². The number of aromatic nitrogens is 2. The second-order valence-corrected chi connectivity index (χ2v) is 5.92. The molecule has 0 atom stereocenters. The van der Waals surface area contributed by atoms with Gasteiger partial charge in [0.25, 0.3) is 5.91 Å². The number of hydrogen-bond donors (Lipinski definition) is 1. The summed E-state index contributed by atoms with van der Waals surface area (Å²) in [6, 6.07) is 16.7. The van der Waals surface area contributed by atoms with E-state index >= 15 is 0 Å². The summed E-state index contributed by atoms with van der Waals surface area (Å²) >= 11 is 6.01. The quantitative estimate of drug-likeness (QED) is 0.571. The van der Waals surface area contributed by atoms with Gasteiger partial charge in [-0.05, 0) is 38.1 Å². The summed E-state index contributed by atoms with van der Waals surface area (Å²) in [6.45, 7) is 3.87. The largest absolute Gasteiger partial charge is 0.272 e. The molecule has 25 heavy (non-hydrogen) atoms. The lowest BCUT2D eigenvalue weighted by Crippen LogP contribution is -2.18. The third-order valence-corrected chi connectivity index (χ3v) is 4.16. The minimum Gasteiger partial charge on any atom is -0.267 e. The topological polar surface area (TPSA) is 59.3 Å². The number of carbonyl (C=O) groups is 1. The smallest absolute Gasteiger partial charge is 0.267 e. The lowest BCUT2D eigenvalue weighted by molar-refractivity contribution is 0.0955. The number of amides is 1. The molecule has 0 aliphatic carbocycles. The van der Waals surface area contributed by atoms with Crippen LogP contribution in [0.3, 0.4) is 0 Å². The van der Waals surface area contributed by atoms with Crippen molar-refractivity contribution in [1.29, 1.82) is 0 Å². The molecule has 3 rings (SSSR count). The van der Waals surface area contributed by atoms with Crippen molar-refractivity contribution >= 4 is 23.7 Å². The first-order valence-electron chi connectivity index (χ1n) is 7.77. The first-order chi connectivity index (χ1) is 12.1. The fraction of sp³-hybridized carbons (Fsp3) is 0.105. The van der Waals surface area contributed by atoms with Gasteiger partial charge in [0.1, 0.15) is 0 Å². The Morgan fingerprint density at radius 3 is 2.52 bits per heavy atom. The Balaban J connectivity index is 1.80. The average molecular weight is 353 g/mol. The molecule has 0 aliphatic rings. The third-order valence-electron chi connectivity index (χ3n) is 3.83. The maximum absolute atomic E-state index is 12.1. The minimum atomic E-state index is -0.354. The van der Waals surface area contributed by atoms with Gasteiger partial charge in [0.15, 0.2) is 0 Å². The molecule has 0 saturated heterocycles. The summed E-state index contributed by atoms with van der Waals surface area (Å²) in [4.78, 5) is 12.1. The standard InChI is InChI=1S/C19H17ClN4O/c1-13-17(14(2)24(23-13)15-8-4-3-5-9-15)12-21-22-19(25)16-10-6-7-11-18(16)20/h3-12H,1-2H3,(H,22,25)/b21-12+. The van der Waals surface area contributed by atoms with E-state index in [2.05, 4.69) is 15.6 Å². The number of hydrazone groups is 1. The Morgan fingerprint density at radius 1 is 1.12 bits per heavy atom. The molecule has 0 fully saturated rings. The van der Waals surface area contributed by atoms with Crippen LogP contribution in [0.15, 0.2) is 59.7 Å². The molecule has 5 nitrogen and oxygen atoms in total. The molecule has 1 heterocycles. The molecule has 0 saturated carbocycles. The van der Waals surface area contributed by atoms with Gasteiger partial charge in [0.2, 0.25) is 0 Å². The van der Waals surface area contributed by atoms with Crippen molar-refractivity contribution in [2.75, 3.05) is 0 Å². The van der Waals surface area contributed by atoms with Crippen molar-refractivity contribution in [3.63, 3.8) is 0 Å². The molecule has 0 aliphatic heterocycles. The number of nitrogens with one attached hydrogen (secondary N) is 1. The average Bonchev–Trinajstić information content (AvgIpc) is 2.91. The number of hydrogen-bond acceptors (Lipinski definition) is 3. The lowest BCUT2D eigenvalue weighted by atomic mass is 10.2. The second-order valence-electron chi connectivity index (χ2n) is 5.51. The van der Waals surface area contributed by atoms with Gasteiger partial charge in [-0.15, -0.1) is 0 Å². The highest BCUT2D eigenvalue weighted by Crippen LogP contribution is 2.16. The summed E-state index contributed by atoms with van der Waals surface area (Å²) in [7, 11) is 0. The molecular formula is C19H17ClN4O. The van der Waals surface area contributed by atoms with E-state index in [1.807, 2.05) is 48.9 Å². The number of carbonyl (C=O) groups excluding carboxylic acids is 1. The predicted octanol–water partition coefficient (Wildman–Crippen LogP) is 3.91. The van der Waals surface area contributed by atoms with Crippen molar-refractivity contribution < 1.29 is 4.79 Å². The predicted molar refractivity (Wildman–Crippen MR) is 99.6 cm³/mol. The van der Waals surface area contributed by atoms with Crippen LogP contribution >= 0.6 is 11.6 Å². The summed E-state index contributed by atoms with van der Waals surface area (Å²) in [5.74, 6) is -0.354. The highest BCUT2D eigenvalue weighted by atomic mass is 35.5. The van der Waals surface area contributed by atoms with Crippen molar-refractivity contribution in [3.8, 4) is 5.69 Å². The van der Waals surface area contributed by atoms with E-state index in [4.69, 9.17) is 11.6 Å². The summed E-state index contributed by atoms with van der Waals surface area (Å²) in [5.41, 5.74) is 6.50. The highest BCUT2D eigenvalue weighted by Gasteiger charge is 2.12. The Bertz CT molecular complexity index is 932. The zero-order valence-electron chi connectivity index (χ0n) is 13.9. The van der Waals surface area contributed by atoms with Crippen LogP contribution in [0, 0.1) is 13.8 Å². The van der Waals surface area contributed by atoms with Gasteiger partial charge in [0, 0.05) is 5.56 Å². The van der Waals surface area contributed by atoms with E-state index < -0.39 is 0 Å². The van der Waals surface area contributed by atoms with Gasteiger partial charge in [-0.3, -0.25) is 4.79 Å². The van der Waals surface area contributed by atoms with Gasteiger partial charge in [0.05, 0.1) is 33.9 Å². The molecule has 1 N–H and O–H groups in total. The molecular weight excluding hydrogens is 336 g/mol. The summed E-state index contributed by atoms with van der Waals surface area (Å²) in [6.07, 6.45) is 1.60. The Hall–Kier alpha value is -2.92. The molecule has 3 aromatic rings. The second kappa shape index (κ2) is 7.32. The summed E-state index contributed by atoms with van der Waals surface area (Å²) in [5, 5.41) is 8.98. The number of nitrogens with zero attached hydrogens (tertiary/aromatic N) is 3. The van der Waals surface area contributed by atoms with Crippen LogP contribution in [-0.2, 0) is 0 Å². The number of rotatable bonds is 4. The van der Waals surface area contributed by atoms with E-state index in [-0.39, 0.29) is 5.91 Å². The molecule has 6 heteroatoms. The molecule has 0 bridgehead atoms. The number of benzene rings is 2.